The molecule has 0 radical (unpaired) electrons. The molecule has 1 amide bonds. The number of carbonyl (C=O) groups excluding carboxylic acids is 1. The van der Waals surface area contributed by atoms with E-state index in [4.69, 9.17) is 0 Å². The van der Waals surface area contributed by atoms with E-state index >= 15 is 0 Å². The fourth-order valence-electron chi connectivity index (χ4n) is 3.12. The van der Waals surface area contributed by atoms with Gasteiger partial charge in [0.15, 0.2) is 5.16 Å². The number of hydrogen-bond acceptors (Lipinski definition) is 4. The van der Waals surface area contributed by atoms with Gasteiger partial charge in [0.2, 0.25) is 5.91 Å². The number of nitrogens with zero attached hydrogens (tertiary/aromatic N) is 3. The predicted octanol–water partition coefficient (Wildman–Crippen LogP) is 2.70. The van der Waals surface area contributed by atoms with Crippen molar-refractivity contribution in [2.24, 2.45) is 13.0 Å². The van der Waals surface area contributed by atoms with Crippen LogP contribution in [0, 0.1) is 5.92 Å². The number of rotatable bonds is 7. The predicted molar refractivity (Wildman–Crippen MR) is 87.8 cm³/mol. The molecule has 6 heteroatoms. The molecule has 1 aromatic heterocycles. The number of thioether (sulfide) groups is 1. The minimum absolute atomic E-state index is 0.110. The second-order valence-corrected chi connectivity index (χ2v) is 7.57. The van der Waals surface area contributed by atoms with Gasteiger partial charge in [-0.05, 0) is 25.2 Å². The molecule has 22 heavy (non-hydrogen) atoms. The van der Waals surface area contributed by atoms with Crippen LogP contribution in [0.15, 0.2) is 5.16 Å². The Hall–Kier alpha value is -1.04. The summed E-state index contributed by atoms with van der Waals surface area (Å²) in [4.78, 5) is 11.7. The maximum Gasteiger partial charge on any atom is 0.230 e. The van der Waals surface area contributed by atoms with Crippen molar-refractivity contribution < 1.29 is 4.79 Å². The number of aryl methyl sites for hydroxylation is 1. The van der Waals surface area contributed by atoms with E-state index in [2.05, 4.69) is 20.1 Å². The second kappa shape index (κ2) is 7.49. The first kappa shape index (κ1) is 15.8. The Labute approximate surface area is 136 Å². The highest BCUT2D eigenvalue weighted by molar-refractivity contribution is 7.99. The Morgan fingerprint density at radius 2 is 2.00 bits per heavy atom. The maximum atomic E-state index is 11.7. The summed E-state index contributed by atoms with van der Waals surface area (Å²) in [5.74, 6) is 2.46. The largest absolute Gasteiger partial charge is 0.353 e. The molecular weight excluding hydrogens is 296 g/mol. The van der Waals surface area contributed by atoms with Gasteiger partial charge in [0.05, 0.1) is 5.75 Å². The molecule has 0 saturated heterocycles. The number of carbonyl (C=O) groups is 1. The van der Waals surface area contributed by atoms with E-state index in [1.165, 1.54) is 50.3 Å². The van der Waals surface area contributed by atoms with Crippen molar-refractivity contribution in [2.45, 2.75) is 69.0 Å². The molecule has 0 bridgehead atoms. The molecule has 0 atom stereocenters. The van der Waals surface area contributed by atoms with Gasteiger partial charge in [-0.2, -0.15) is 0 Å². The molecule has 122 valence electrons. The van der Waals surface area contributed by atoms with E-state index in [0.717, 1.165) is 36.2 Å². The quantitative estimate of drug-likeness (QED) is 0.784. The molecule has 1 N–H and O–H groups in total. The summed E-state index contributed by atoms with van der Waals surface area (Å²) in [7, 11) is 2.01. The number of nitrogens with one attached hydrogen (secondary N) is 1. The van der Waals surface area contributed by atoms with Crippen molar-refractivity contribution >= 4 is 17.7 Å². The minimum atomic E-state index is 0.110. The second-order valence-electron chi connectivity index (χ2n) is 6.63. The molecular formula is C16H26N4OS. The van der Waals surface area contributed by atoms with Crippen molar-refractivity contribution in [3.8, 4) is 0 Å². The van der Waals surface area contributed by atoms with Gasteiger partial charge in [0.1, 0.15) is 5.82 Å². The lowest BCUT2D eigenvalue weighted by atomic mass is 9.86. The molecule has 5 nitrogen and oxygen atoms in total. The highest BCUT2D eigenvalue weighted by Gasteiger charge is 2.23. The van der Waals surface area contributed by atoms with Gasteiger partial charge in [0, 0.05) is 19.5 Å². The summed E-state index contributed by atoms with van der Waals surface area (Å²) >= 11 is 1.48. The third-order valence-corrected chi connectivity index (χ3v) is 5.72. The van der Waals surface area contributed by atoms with Crippen molar-refractivity contribution in [2.75, 3.05) is 5.75 Å². The van der Waals surface area contributed by atoms with Crippen LogP contribution >= 0.6 is 11.8 Å². The third kappa shape index (κ3) is 4.48. The minimum Gasteiger partial charge on any atom is -0.353 e. The molecule has 1 aromatic rings. The fraction of sp³-hybridized carbons (Fsp3) is 0.812. The zero-order valence-electron chi connectivity index (χ0n) is 13.4. The first-order valence-corrected chi connectivity index (χ1v) is 9.51. The zero-order valence-corrected chi connectivity index (χ0v) is 14.2. The van der Waals surface area contributed by atoms with Crippen LogP contribution in [-0.2, 0) is 18.3 Å². The number of hydrogen-bond donors (Lipinski definition) is 1. The first-order chi connectivity index (χ1) is 10.7. The van der Waals surface area contributed by atoms with Crippen molar-refractivity contribution in [1.29, 1.82) is 0 Å². The lowest BCUT2D eigenvalue weighted by Gasteiger charge is -2.20. The maximum absolute atomic E-state index is 11.7. The molecule has 1 heterocycles. The lowest BCUT2D eigenvalue weighted by Crippen LogP contribution is -2.27. The molecule has 0 aromatic carbocycles. The van der Waals surface area contributed by atoms with Crippen LogP contribution in [0.2, 0.25) is 0 Å². The average molecular weight is 322 g/mol. The van der Waals surface area contributed by atoms with E-state index in [9.17, 15) is 4.79 Å². The van der Waals surface area contributed by atoms with Crippen molar-refractivity contribution in [3.05, 3.63) is 5.82 Å². The third-order valence-electron chi connectivity index (χ3n) is 4.70. The Morgan fingerprint density at radius 1 is 1.23 bits per heavy atom. The Morgan fingerprint density at radius 3 is 2.73 bits per heavy atom. The van der Waals surface area contributed by atoms with Gasteiger partial charge in [-0.15, -0.1) is 10.2 Å². The van der Waals surface area contributed by atoms with Crippen LogP contribution in [-0.4, -0.2) is 32.5 Å². The van der Waals surface area contributed by atoms with Gasteiger partial charge in [-0.25, -0.2) is 0 Å². The van der Waals surface area contributed by atoms with E-state index < -0.39 is 0 Å². The van der Waals surface area contributed by atoms with Gasteiger partial charge < -0.3 is 9.88 Å². The van der Waals surface area contributed by atoms with E-state index in [1.807, 2.05) is 7.05 Å². The normalized spacial score (nSPS) is 19.3. The van der Waals surface area contributed by atoms with Crippen molar-refractivity contribution in [3.63, 3.8) is 0 Å². The van der Waals surface area contributed by atoms with Gasteiger partial charge in [0.25, 0.3) is 0 Å². The zero-order chi connectivity index (χ0) is 15.4. The highest BCUT2D eigenvalue weighted by Crippen LogP contribution is 2.27. The van der Waals surface area contributed by atoms with Crippen LogP contribution in [0.25, 0.3) is 0 Å². The van der Waals surface area contributed by atoms with E-state index in [-0.39, 0.29) is 5.91 Å². The smallest absolute Gasteiger partial charge is 0.230 e. The molecule has 2 aliphatic carbocycles. The van der Waals surface area contributed by atoms with Crippen molar-refractivity contribution in [1.82, 2.24) is 20.1 Å². The lowest BCUT2D eigenvalue weighted by molar-refractivity contribution is -0.118. The fourth-order valence-corrected chi connectivity index (χ4v) is 3.87. The standard InChI is InChI=1S/C16H26N4OS/c1-20-14(10-7-12-5-3-2-4-6-12)18-19-16(20)22-11-15(21)17-13-8-9-13/h12-13H,2-11H2,1H3,(H,17,21). The summed E-state index contributed by atoms with van der Waals surface area (Å²) in [6.07, 6.45) is 11.4. The highest BCUT2D eigenvalue weighted by atomic mass is 32.2. The molecule has 2 fully saturated rings. The molecule has 2 saturated carbocycles. The number of amides is 1. The summed E-state index contributed by atoms with van der Waals surface area (Å²) < 4.78 is 2.05. The van der Waals surface area contributed by atoms with Crippen LogP contribution in [0.4, 0.5) is 0 Å². The summed E-state index contributed by atoms with van der Waals surface area (Å²) in [6.45, 7) is 0. The van der Waals surface area contributed by atoms with Crippen LogP contribution in [0.3, 0.4) is 0 Å². The van der Waals surface area contributed by atoms with Gasteiger partial charge in [-0.1, -0.05) is 43.9 Å². The Bertz CT molecular complexity index is 506. The topological polar surface area (TPSA) is 59.8 Å². The van der Waals surface area contributed by atoms with E-state index in [1.54, 1.807) is 0 Å². The summed E-state index contributed by atoms with van der Waals surface area (Å²) in [5.41, 5.74) is 0. The van der Waals surface area contributed by atoms with E-state index in [0.29, 0.717) is 11.8 Å². The Kier molecular flexibility index (Phi) is 5.39. The molecule has 0 unspecified atom stereocenters. The van der Waals surface area contributed by atoms with Crippen LogP contribution in [0.5, 0.6) is 0 Å². The van der Waals surface area contributed by atoms with Crippen LogP contribution < -0.4 is 5.32 Å². The first-order valence-electron chi connectivity index (χ1n) is 8.53. The van der Waals surface area contributed by atoms with Crippen LogP contribution in [0.1, 0.15) is 57.2 Å². The summed E-state index contributed by atoms with van der Waals surface area (Å²) in [6, 6.07) is 0.429. The summed E-state index contributed by atoms with van der Waals surface area (Å²) in [5, 5.41) is 12.4. The average Bonchev–Trinajstić information content (AvgIpc) is 3.27. The number of aromatic nitrogens is 3. The van der Waals surface area contributed by atoms with Gasteiger partial charge in [-0.3, -0.25) is 4.79 Å². The molecule has 2 aliphatic rings. The van der Waals surface area contributed by atoms with Gasteiger partial charge >= 0.3 is 0 Å². The molecule has 3 rings (SSSR count). The molecule has 0 spiro atoms. The Balaban J connectivity index is 1.44. The SMILES string of the molecule is Cn1c(CCC2CCCCC2)nnc1SCC(=O)NC1CC1. The molecule has 0 aliphatic heterocycles. The monoisotopic (exact) mass is 322 g/mol.